The van der Waals surface area contributed by atoms with Crippen molar-refractivity contribution in [1.29, 1.82) is 0 Å². The number of hydrogen-bond donors (Lipinski definition) is 0. The van der Waals surface area contributed by atoms with Crippen LogP contribution in [0.3, 0.4) is 0 Å². The molecule has 16 heavy (non-hydrogen) atoms. The summed E-state index contributed by atoms with van der Waals surface area (Å²) in [5.41, 5.74) is 0. The molecule has 0 bridgehead atoms. The van der Waals surface area contributed by atoms with Gasteiger partial charge in [-0.1, -0.05) is 47.0 Å². The summed E-state index contributed by atoms with van der Waals surface area (Å²) in [7, 11) is 0. The topological polar surface area (TPSA) is 23.1 Å². The fourth-order valence-corrected chi connectivity index (χ4v) is 3.11. The number of hydrogen-bond acceptors (Lipinski definition) is 1. The number of rotatable bonds is 8. The molecule has 0 N–H and O–H groups in total. The van der Waals surface area contributed by atoms with E-state index < -0.39 is 11.2 Å². The van der Waals surface area contributed by atoms with Gasteiger partial charge in [0.25, 0.3) is 0 Å². The SMILES string of the molecule is [O-][S+](CCCCCCCBr)c1ccccc1. The maximum atomic E-state index is 11.8. The van der Waals surface area contributed by atoms with Crippen LogP contribution in [0.5, 0.6) is 0 Å². The summed E-state index contributed by atoms with van der Waals surface area (Å²) in [6, 6.07) is 9.75. The predicted octanol–water partition coefficient (Wildman–Crippen LogP) is 4.14. The average molecular weight is 303 g/mol. The lowest BCUT2D eigenvalue weighted by atomic mass is 10.2. The average Bonchev–Trinajstić information content (AvgIpc) is 2.34. The van der Waals surface area contributed by atoms with Gasteiger partial charge in [-0.3, -0.25) is 0 Å². The minimum Gasteiger partial charge on any atom is -0.611 e. The summed E-state index contributed by atoms with van der Waals surface area (Å²) in [4.78, 5) is 0.961. The first-order valence-corrected chi connectivity index (χ1v) is 8.28. The fraction of sp³-hybridized carbons (Fsp3) is 0.538. The van der Waals surface area contributed by atoms with Crippen molar-refractivity contribution in [2.45, 2.75) is 37.0 Å². The summed E-state index contributed by atoms with van der Waals surface area (Å²) in [5.74, 6) is 0.804. The molecule has 0 saturated carbocycles. The quantitative estimate of drug-likeness (QED) is 0.402. The Balaban J connectivity index is 2.09. The summed E-state index contributed by atoms with van der Waals surface area (Å²) < 4.78 is 11.8. The second kappa shape index (κ2) is 9.08. The predicted molar refractivity (Wildman–Crippen MR) is 74.6 cm³/mol. The van der Waals surface area contributed by atoms with E-state index in [1.54, 1.807) is 0 Å². The van der Waals surface area contributed by atoms with E-state index in [0.717, 1.165) is 22.4 Å². The molecule has 0 heterocycles. The lowest BCUT2D eigenvalue weighted by Crippen LogP contribution is -2.06. The van der Waals surface area contributed by atoms with Gasteiger partial charge in [0.05, 0.1) is 0 Å². The minimum atomic E-state index is -0.800. The van der Waals surface area contributed by atoms with Crippen molar-refractivity contribution in [3.05, 3.63) is 30.3 Å². The fourth-order valence-electron chi connectivity index (χ4n) is 1.55. The molecule has 90 valence electrons. The van der Waals surface area contributed by atoms with Crippen molar-refractivity contribution in [2.75, 3.05) is 11.1 Å². The monoisotopic (exact) mass is 302 g/mol. The summed E-state index contributed by atoms with van der Waals surface area (Å²) in [5, 5.41) is 1.10. The maximum absolute atomic E-state index is 11.8. The Hall–Kier alpha value is 0.0100. The highest BCUT2D eigenvalue weighted by Gasteiger charge is 2.08. The third kappa shape index (κ3) is 5.92. The van der Waals surface area contributed by atoms with Crippen LogP contribution in [-0.4, -0.2) is 15.6 Å². The molecule has 1 aromatic carbocycles. The Morgan fingerprint density at radius 3 is 2.25 bits per heavy atom. The highest BCUT2D eigenvalue weighted by atomic mass is 79.9. The molecule has 0 aliphatic rings. The van der Waals surface area contributed by atoms with Crippen LogP contribution < -0.4 is 0 Å². The van der Waals surface area contributed by atoms with Gasteiger partial charge in [-0.15, -0.1) is 0 Å². The van der Waals surface area contributed by atoms with Gasteiger partial charge in [0.2, 0.25) is 0 Å². The second-order valence-corrected chi connectivity index (χ2v) is 6.18. The largest absolute Gasteiger partial charge is 0.611 e. The number of halogens is 1. The summed E-state index contributed by atoms with van der Waals surface area (Å²) >= 11 is 2.62. The van der Waals surface area contributed by atoms with Crippen molar-refractivity contribution < 1.29 is 4.55 Å². The van der Waals surface area contributed by atoms with Crippen molar-refractivity contribution in [3.8, 4) is 0 Å². The zero-order valence-electron chi connectivity index (χ0n) is 9.53. The Morgan fingerprint density at radius 1 is 0.938 bits per heavy atom. The van der Waals surface area contributed by atoms with Gasteiger partial charge in [-0.2, -0.15) is 0 Å². The Morgan fingerprint density at radius 2 is 1.56 bits per heavy atom. The van der Waals surface area contributed by atoms with Gasteiger partial charge in [-0.25, -0.2) is 0 Å². The van der Waals surface area contributed by atoms with E-state index >= 15 is 0 Å². The van der Waals surface area contributed by atoms with Gasteiger partial charge >= 0.3 is 0 Å². The first kappa shape index (κ1) is 14.1. The molecule has 1 aromatic rings. The zero-order valence-corrected chi connectivity index (χ0v) is 11.9. The third-order valence-corrected chi connectivity index (χ3v) is 4.49. The molecule has 0 aliphatic heterocycles. The summed E-state index contributed by atoms with van der Waals surface area (Å²) in [6.07, 6.45) is 6.07. The van der Waals surface area contributed by atoms with Crippen LogP contribution in [0.1, 0.15) is 32.1 Å². The molecule has 0 spiro atoms. The molecule has 1 nitrogen and oxygen atoms in total. The van der Waals surface area contributed by atoms with Gasteiger partial charge in [-0.05, 0) is 42.6 Å². The van der Waals surface area contributed by atoms with E-state index in [-0.39, 0.29) is 0 Å². The Bertz CT molecular complexity index is 266. The molecule has 0 amide bonds. The van der Waals surface area contributed by atoms with E-state index in [2.05, 4.69) is 15.9 Å². The van der Waals surface area contributed by atoms with Crippen molar-refractivity contribution >= 4 is 27.1 Å². The van der Waals surface area contributed by atoms with Gasteiger partial charge < -0.3 is 4.55 Å². The van der Waals surface area contributed by atoms with Crippen LogP contribution in [0.4, 0.5) is 0 Å². The molecule has 1 rings (SSSR count). The smallest absolute Gasteiger partial charge is 0.152 e. The van der Waals surface area contributed by atoms with Crippen molar-refractivity contribution in [2.24, 2.45) is 0 Å². The van der Waals surface area contributed by atoms with Crippen LogP contribution in [0.15, 0.2) is 35.2 Å². The number of alkyl halides is 1. The first-order chi connectivity index (χ1) is 7.84. The van der Waals surface area contributed by atoms with Crippen LogP contribution in [0.2, 0.25) is 0 Å². The van der Waals surface area contributed by atoms with Crippen molar-refractivity contribution in [1.82, 2.24) is 0 Å². The highest BCUT2D eigenvalue weighted by molar-refractivity contribution is 9.09. The zero-order chi connectivity index (χ0) is 11.6. The van der Waals surface area contributed by atoms with Crippen molar-refractivity contribution in [3.63, 3.8) is 0 Å². The third-order valence-electron chi connectivity index (χ3n) is 2.47. The Kier molecular flexibility index (Phi) is 7.99. The molecule has 1 unspecified atom stereocenters. The van der Waals surface area contributed by atoms with E-state index in [4.69, 9.17) is 0 Å². The molecule has 3 heteroatoms. The van der Waals surface area contributed by atoms with E-state index in [0.29, 0.717) is 0 Å². The molecular formula is C13H19BrOS. The van der Waals surface area contributed by atoms with Crippen LogP contribution in [0.25, 0.3) is 0 Å². The lowest BCUT2D eigenvalue weighted by molar-refractivity contribution is 0.586. The van der Waals surface area contributed by atoms with Gasteiger partial charge in [0.1, 0.15) is 5.75 Å². The Labute approximate surface area is 110 Å². The standard InChI is InChI=1S/C13H19BrOS/c14-11-7-2-1-3-8-12-16(15)13-9-5-4-6-10-13/h4-6,9-10H,1-3,7-8,11-12H2. The second-order valence-electron chi connectivity index (χ2n) is 3.82. The van der Waals surface area contributed by atoms with Gasteiger partial charge in [0.15, 0.2) is 4.90 Å². The lowest BCUT2D eigenvalue weighted by Gasteiger charge is -2.09. The van der Waals surface area contributed by atoms with Crippen LogP contribution >= 0.6 is 15.9 Å². The summed E-state index contributed by atoms with van der Waals surface area (Å²) in [6.45, 7) is 0. The number of unbranched alkanes of at least 4 members (excludes halogenated alkanes) is 4. The molecule has 0 aromatic heterocycles. The first-order valence-electron chi connectivity index (χ1n) is 5.84. The van der Waals surface area contributed by atoms with E-state index in [1.807, 2.05) is 30.3 Å². The maximum Gasteiger partial charge on any atom is 0.152 e. The number of benzene rings is 1. The highest BCUT2D eigenvalue weighted by Crippen LogP contribution is 2.13. The van der Waals surface area contributed by atoms with Gasteiger partial charge in [0, 0.05) is 5.33 Å². The normalized spacial score (nSPS) is 12.6. The van der Waals surface area contributed by atoms with E-state index in [9.17, 15) is 4.55 Å². The molecule has 0 radical (unpaired) electrons. The molecule has 1 atom stereocenters. The molecule has 0 fully saturated rings. The molecule has 0 aliphatic carbocycles. The molecular weight excluding hydrogens is 284 g/mol. The minimum absolute atomic E-state index is 0.800. The molecule has 0 saturated heterocycles. The van der Waals surface area contributed by atoms with Crippen LogP contribution in [-0.2, 0) is 11.2 Å². The van der Waals surface area contributed by atoms with Crippen LogP contribution in [0, 0.1) is 0 Å². The van der Waals surface area contributed by atoms with E-state index in [1.165, 1.54) is 25.7 Å².